The number of rotatable bonds is 84. The summed E-state index contributed by atoms with van der Waals surface area (Å²) in [6.45, 7) is 11.1. The zero-order valence-corrected chi connectivity index (χ0v) is 70.6. The maximum absolute atomic E-state index is 13.4. The normalized spacial score (nSPS) is 13.9. The van der Waals surface area contributed by atoms with Gasteiger partial charge in [-0.3, -0.25) is 37.3 Å². The lowest BCUT2D eigenvalue weighted by molar-refractivity contribution is -0.182. The first-order chi connectivity index (χ1) is 51.5. The van der Waals surface area contributed by atoms with Crippen LogP contribution in [0.3, 0.4) is 0 Å². The molecule has 0 saturated heterocycles. The molecule has 21 nitrogen and oxygen atoms in total. The molecule has 4 amide bonds. The predicted molar refractivity (Wildman–Crippen MR) is 432 cm³/mol. The molecule has 0 aliphatic carbocycles. The van der Waals surface area contributed by atoms with E-state index in [0.717, 1.165) is 154 Å². The van der Waals surface area contributed by atoms with Gasteiger partial charge in [0.05, 0.1) is 58.3 Å². The van der Waals surface area contributed by atoms with Crippen molar-refractivity contribution in [3.63, 3.8) is 0 Å². The molecule has 6 atom stereocenters. The maximum Gasteiger partial charge on any atom is 0.472 e. The van der Waals surface area contributed by atoms with Gasteiger partial charge in [0.2, 0.25) is 18.1 Å². The summed E-state index contributed by atoms with van der Waals surface area (Å²) in [5.41, 5.74) is 0. The fourth-order valence-electron chi connectivity index (χ4n) is 12.9. The number of carbonyl (C=O) groups is 5. The van der Waals surface area contributed by atoms with Crippen molar-refractivity contribution in [2.24, 2.45) is 0 Å². The van der Waals surface area contributed by atoms with Gasteiger partial charge in [-0.05, 0) is 44.9 Å². The van der Waals surface area contributed by atoms with Crippen LogP contribution in [0.5, 0.6) is 0 Å². The number of esters is 2. The monoisotopic (exact) mass is 1550 g/mol. The summed E-state index contributed by atoms with van der Waals surface area (Å²) < 4.78 is 71.9. The zero-order chi connectivity index (χ0) is 77.8. The number of hydrogen-bond acceptors (Lipinski definition) is 15. The lowest BCUT2D eigenvalue weighted by atomic mass is 10.1. The van der Waals surface area contributed by atoms with Gasteiger partial charge in [0.1, 0.15) is 6.10 Å². The molecule has 0 aromatic carbocycles. The molecule has 2 unspecified atom stereocenters. The molecule has 0 aliphatic heterocycles. The Hall–Kier alpha value is -2.71. The summed E-state index contributed by atoms with van der Waals surface area (Å²) in [5, 5.41) is 10.8. The van der Waals surface area contributed by atoms with Crippen molar-refractivity contribution < 1.29 is 79.9 Å². The van der Waals surface area contributed by atoms with Gasteiger partial charge in [0, 0.05) is 51.6 Å². The largest absolute Gasteiger partial charge is 0.472 e. The second-order valence-corrected chi connectivity index (χ2v) is 32.9. The minimum atomic E-state index is -4.75. The van der Waals surface area contributed by atoms with E-state index in [-0.39, 0.29) is 82.0 Å². The molecule has 0 spiro atoms. The zero-order valence-electron chi connectivity index (χ0n) is 68.8. The van der Waals surface area contributed by atoms with E-state index in [1.54, 1.807) is 0 Å². The number of amides is 4. The molecular formula is C83H164N4O17P2. The number of ether oxygens (including phenoxy) is 4. The van der Waals surface area contributed by atoms with Gasteiger partial charge in [-0.25, -0.2) is 13.9 Å². The van der Waals surface area contributed by atoms with Crippen molar-refractivity contribution >= 4 is 45.4 Å². The Balaban J connectivity index is 5.67. The van der Waals surface area contributed by atoms with Crippen molar-refractivity contribution in [2.75, 3.05) is 59.3 Å². The van der Waals surface area contributed by atoms with E-state index in [1.807, 2.05) is 0 Å². The molecule has 6 N–H and O–H groups in total. The van der Waals surface area contributed by atoms with Gasteiger partial charge in [0.25, 0.3) is 0 Å². The highest BCUT2D eigenvalue weighted by molar-refractivity contribution is 7.47. The average molecular weight is 1550 g/mol. The lowest BCUT2D eigenvalue weighted by Gasteiger charge is -2.24. The molecular weight excluding hydrogens is 1390 g/mol. The second-order valence-electron chi connectivity index (χ2n) is 30.0. The highest BCUT2D eigenvalue weighted by atomic mass is 31.2. The Bertz CT molecular complexity index is 2100. The first kappa shape index (κ1) is 103. The number of hydrogen-bond donors (Lipinski definition) is 6. The summed E-state index contributed by atoms with van der Waals surface area (Å²) in [7, 11) is -9.46. The third kappa shape index (κ3) is 74.1. The van der Waals surface area contributed by atoms with Crippen LogP contribution in [0, 0.1) is 0 Å². The van der Waals surface area contributed by atoms with Crippen LogP contribution in [-0.2, 0) is 65.4 Å². The van der Waals surface area contributed by atoms with Crippen LogP contribution in [0.4, 0.5) is 4.79 Å². The van der Waals surface area contributed by atoms with E-state index in [4.69, 9.17) is 37.0 Å². The minimum absolute atomic E-state index is 0.0323. The number of nitrogens with one attached hydrogen (secondary N) is 4. The fraction of sp³-hybridized carbons (Fsp3) is 0.940. The highest BCUT2D eigenvalue weighted by Crippen LogP contribution is 2.44. The van der Waals surface area contributed by atoms with Gasteiger partial charge in [-0.2, -0.15) is 0 Å². The van der Waals surface area contributed by atoms with Crippen molar-refractivity contribution in [2.45, 2.75) is 445 Å². The van der Waals surface area contributed by atoms with Crippen LogP contribution < -0.4 is 21.3 Å². The molecule has 0 aromatic heterocycles. The van der Waals surface area contributed by atoms with E-state index < -0.39 is 66.5 Å². The van der Waals surface area contributed by atoms with Crippen molar-refractivity contribution in [3.8, 4) is 0 Å². The van der Waals surface area contributed by atoms with Gasteiger partial charge in [-0.15, -0.1) is 0 Å². The SMILES string of the molecule is CCCCCCCCCCCCCC(=O)N[C@H](CO[C@@H](CCCCCCCCC)OC(=O)CCCCCCCCCCC)COP(=O)(O)OCCNC(=O)NCCOP(=O)(O)OC[C@H](COCC[C@@H](CCCCCCC)OC(=O)CCCCCCCCCCC)NC(=O)CCCCCCCCCCCCC. The molecule has 0 heterocycles. The predicted octanol–water partition coefficient (Wildman–Crippen LogP) is 22.5. The second kappa shape index (κ2) is 77.6. The van der Waals surface area contributed by atoms with E-state index >= 15 is 0 Å². The smallest absolute Gasteiger partial charge is 0.462 e. The molecule has 0 bridgehead atoms. The van der Waals surface area contributed by atoms with Gasteiger partial charge in [-0.1, -0.05) is 337 Å². The first-order valence-corrected chi connectivity index (χ1v) is 46.9. The van der Waals surface area contributed by atoms with Gasteiger partial charge in [0.15, 0.2) is 0 Å². The highest BCUT2D eigenvalue weighted by Gasteiger charge is 2.28. The van der Waals surface area contributed by atoms with Crippen LogP contribution in [0.1, 0.15) is 420 Å². The quantitative estimate of drug-likeness (QED) is 0.0143. The molecule has 0 aromatic rings. The molecule has 23 heteroatoms. The van der Waals surface area contributed by atoms with Gasteiger partial charge >= 0.3 is 33.6 Å². The van der Waals surface area contributed by atoms with E-state index in [2.05, 4.69) is 62.8 Å². The molecule has 0 aliphatic rings. The summed E-state index contributed by atoms with van der Waals surface area (Å²) in [6.07, 6.45) is 60.1. The van der Waals surface area contributed by atoms with Crippen molar-refractivity contribution in [1.29, 1.82) is 0 Å². The minimum Gasteiger partial charge on any atom is -0.462 e. The number of phosphoric acid groups is 2. The Morgan fingerprint density at radius 1 is 0.311 bits per heavy atom. The first-order valence-electron chi connectivity index (χ1n) is 44.0. The molecule has 0 rings (SSSR count). The summed E-state index contributed by atoms with van der Waals surface area (Å²) in [5.74, 6) is -1.03. The molecule has 0 fully saturated rings. The standard InChI is InChI=1S/C83H164N4O17P2/c1-7-13-19-25-30-34-36-40-43-48-54-60-78(88)86-75(71-97-68-65-77(59-53-47-24-18-12-6)103-80(90)62-56-50-45-38-32-27-21-15-9-3)73-101-105(93,94)99-69-66-84-83(92)85-67-70-100-106(95,96)102-74-76(87-79(89)61-55-49-44-41-37-35-31-26-20-14-8-2)72-98-82(64-58-52-42-29-23-17-11-5)104-81(91)63-57-51-46-39-33-28-22-16-10-4/h75-77,82H,7-74H2,1-6H3,(H,86,88)(H,87,89)(H,93,94)(H,95,96)(H2,84,85,92)/t75-,76+,77+,82+/m0/s1. The van der Waals surface area contributed by atoms with E-state index in [9.17, 15) is 42.9 Å². The molecule has 106 heavy (non-hydrogen) atoms. The Kier molecular flexibility index (Phi) is 75.6. The average Bonchev–Trinajstić information content (AvgIpc) is 0.918. The Morgan fingerprint density at radius 3 is 0.953 bits per heavy atom. The van der Waals surface area contributed by atoms with Crippen molar-refractivity contribution in [3.05, 3.63) is 0 Å². The Labute approximate surface area is 647 Å². The summed E-state index contributed by atoms with van der Waals surface area (Å²) in [6, 6.07) is -2.42. The number of carbonyl (C=O) groups excluding carboxylic acids is 5. The summed E-state index contributed by atoms with van der Waals surface area (Å²) >= 11 is 0. The van der Waals surface area contributed by atoms with Gasteiger partial charge < -0.3 is 50.0 Å². The lowest BCUT2D eigenvalue weighted by Crippen LogP contribution is -2.42. The summed E-state index contributed by atoms with van der Waals surface area (Å²) in [4.78, 5) is 87.2. The molecule has 0 saturated carbocycles. The van der Waals surface area contributed by atoms with Crippen LogP contribution >= 0.6 is 15.6 Å². The number of unbranched alkanes of at least 4 members (excludes halogenated alkanes) is 46. The number of phosphoric ester groups is 2. The third-order valence-electron chi connectivity index (χ3n) is 19.5. The fourth-order valence-corrected chi connectivity index (χ4v) is 14.4. The topological polar surface area (TPSA) is 282 Å². The van der Waals surface area contributed by atoms with Crippen LogP contribution in [0.2, 0.25) is 0 Å². The van der Waals surface area contributed by atoms with Crippen LogP contribution in [0.25, 0.3) is 0 Å². The van der Waals surface area contributed by atoms with Crippen LogP contribution in [0.15, 0.2) is 0 Å². The van der Waals surface area contributed by atoms with Crippen LogP contribution in [-0.4, -0.2) is 123 Å². The Morgan fingerprint density at radius 2 is 0.604 bits per heavy atom. The third-order valence-corrected chi connectivity index (χ3v) is 21.5. The maximum atomic E-state index is 13.4. The molecule has 628 valence electrons. The van der Waals surface area contributed by atoms with E-state index in [0.29, 0.717) is 32.1 Å². The van der Waals surface area contributed by atoms with E-state index in [1.165, 1.54) is 173 Å². The number of urea groups is 1. The van der Waals surface area contributed by atoms with Crippen molar-refractivity contribution in [1.82, 2.24) is 21.3 Å². The molecule has 0 radical (unpaired) electrons.